The van der Waals surface area contributed by atoms with Gasteiger partial charge in [0.1, 0.15) is 0 Å². The van der Waals surface area contributed by atoms with Gasteiger partial charge in [-0.2, -0.15) is 11.8 Å². The van der Waals surface area contributed by atoms with Gasteiger partial charge < -0.3 is 5.32 Å². The van der Waals surface area contributed by atoms with E-state index >= 15 is 0 Å². The normalized spacial score (nSPS) is 23.8. The molecule has 1 fully saturated rings. The van der Waals surface area contributed by atoms with Crippen molar-refractivity contribution in [1.82, 2.24) is 5.32 Å². The molecule has 1 unspecified atom stereocenters. The summed E-state index contributed by atoms with van der Waals surface area (Å²) in [6, 6.07) is 5.06. The summed E-state index contributed by atoms with van der Waals surface area (Å²) in [5, 5.41) is 3.71. The standard InChI is InChI=1S/C13H20BrNS2/c1-13(2)7-10(8-16-9-13)15-6-5-11-3-4-12(14)17-11/h3-4,10,15H,5-9H2,1-2H3. The first-order valence-corrected chi connectivity index (χ1v) is 8.87. The molecule has 0 amide bonds. The van der Waals surface area contributed by atoms with Crippen LogP contribution in [0.3, 0.4) is 0 Å². The minimum atomic E-state index is 0.506. The second kappa shape index (κ2) is 6.09. The van der Waals surface area contributed by atoms with Gasteiger partial charge in [0.05, 0.1) is 3.79 Å². The average Bonchev–Trinajstić information content (AvgIpc) is 2.63. The fourth-order valence-electron chi connectivity index (χ4n) is 2.28. The van der Waals surface area contributed by atoms with Crippen LogP contribution < -0.4 is 5.32 Å². The van der Waals surface area contributed by atoms with Crippen molar-refractivity contribution in [3.05, 3.63) is 20.8 Å². The molecule has 1 N–H and O–H groups in total. The molecule has 0 aromatic carbocycles. The molecule has 2 rings (SSSR count). The molecule has 1 aliphatic rings. The monoisotopic (exact) mass is 333 g/mol. The van der Waals surface area contributed by atoms with Crippen LogP contribution in [0.25, 0.3) is 0 Å². The number of halogens is 1. The number of hydrogen-bond donors (Lipinski definition) is 1. The molecule has 0 radical (unpaired) electrons. The van der Waals surface area contributed by atoms with Gasteiger partial charge in [-0.05, 0) is 52.1 Å². The van der Waals surface area contributed by atoms with Crippen LogP contribution in [0.5, 0.6) is 0 Å². The van der Waals surface area contributed by atoms with E-state index in [1.165, 1.54) is 26.6 Å². The zero-order valence-corrected chi connectivity index (χ0v) is 13.7. The van der Waals surface area contributed by atoms with Gasteiger partial charge >= 0.3 is 0 Å². The molecule has 96 valence electrons. The van der Waals surface area contributed by atoms with Crippen molar-refractivity contribution in [3.8, 4) is 0 Å². The Kier molecular flexibility index (Phi) is 4.98. The van der Waals surface area contributed by atoms with E-state index in [4.69, 9.17) is 0 Å². The predicted molar refractivity (Wildman–Crippen MR) is 83.2 cm³/mol. The lowest BCUT2D eigenvalue weighted by molar-refractivity contribution is 0.319. The van der Waals surface area contributed by atoms with Crippen LogP contribution in [-0.2, 0) is 6.42 Å². The molecular formula is C13H20BrNS2. The Morgan fingerprint density at radius 3 is 2.94 bits per heavy atom. The van der Waals surface area contributed by atoms with Crippen molar-refractivity contribution >= 4 is 39.0 Å². The summed E-state index contributed by atoms with van der Waals surface area (Å²) >= 11 is 7.45. The van der Waals surface area contributed by atoms with Crippen molar-refractivity contribution in [1.29, 1.82) is 0 Å². The van der Waals surface area contributed by atoms with Gasteiger partial charge in [0, 0.05) is 23.2 Å². The molecule has 4 heteroatoms. The smallest absolute Gasteiger partial charge is 0.0701 e. The van der Waals surface area contributed by atoms with Crippen molar-refractivity contribution in [2.24, 2.45) is 5.41 Å². The Hall–Kier alpha value is 0.490. The summed E-state index contributed by atoms with van der Waals surface area (Å²) in [5.74, 6) is 2.58. The van der Waals surface area contributed by atoms with Crippen LogP contribution in [0.4, 0.5) is 0 Å². The van der Waals surface area contributed by atoms with E-state index in [0.29, 0.717) is 11.5 Å². The number of rotatable bonds is 4. The zero-order chi connectivity index (χ0) is 12.3. The third-order valence-electron chi connectivity index (χ3n) is 3.04. The molecule has 2 heterocycles. The number of thioether (sulfide) groups is 1. The van der Waals surface area contributed by atoms with Gasteiger partial charge in [-0.15, -0.1) is 11.3 Å². The molecule has 17 heavy (non-hydrogen) atoms. The first-order valence-electron chi connectivity index (χ1n) is 6.10. The van der Waals surface area contributed by atoms with Crippen LogP contribution in [0.1, 0.15) is 25.1 Å². The van der Waals surface area contributed by atoms with Crippen molar-refractivity contribution in [3.63, 3.8) is 0 Å². The first-order chi connectivity index (χ1) is 8.05. The van der Waals surface area contributed by atoms with Crippen molar-refractivity contribution < 1.29 is 0 Å². The Balaban J connectivity index is 1.71. The molecule has 0 bridgehead atoms. The lowest BCUT2D eigenvalue weighted by Gasteiger charge is -2.35. The van der Waals surface area contributed by atoms with Gasteiger partial charge in [0.25, 0.3) is 0 Å². The van der Waals surface area contributed by atoms with Gasteiger partial charge in [-0.1, -0.05) is 13.8 Å². The average molecular weight is 334 g/mol. The second-order valence-electron chi connectivity index (χ2n) is 5.49. The van der Waals surface area contributed by atoms with E-state index in [2.05, 4.69) is 59.0 Å². The lowest BCUT2D eigenvalue weighted by atomic mass is 9.88. The third-order valence-corrected chi connectivity index (χ3v) is 6.35. The highest BCUT2D eigenvalue weighted by molar-refractivity contribution is 9.11. The van der Waals surface area contributed by atoms with Crippen LogP contribution in [0.2, 0.25) is 0 Å². The van der Waals surface area contributed by atoms with E-state index in [-0.39, 0.29) is 0 Å². The first kappa shape index (κ1) is 13.9. The van der Waals surface area contributed by atoms with Crippen LogP contribution >= 0.6 is 39.0 Å². The highest BCUT2D eigenvalue weighted by Crippen LogP contribution is 2.33. The quantitative estimate of drug-likeness (QED) is 0.887. The molecule has 0 saturated carbocycles. The lowest BCUT2D eigenvalue weighted by Crippen LogP contribution is -2.41. The van der Waals surface area contributed by atoms with Crippen molar-refractivity contribution in [2.75, 3.05) is 18.1 Å². The maximum atomic E-state index is 3.71. The molecule has 1 aliphatic heterocycles. The van der Waals surface area contributed by atoms with Crippen LogP contribution in [0, 0.1) is 5.41 Å². The predicted octanol–water partition coefficient (Wildman–Crippen LogP) is 4.17. The SMILES string of the molecule is CC1(C)CSCC(NCCc2ccc(Br)s2)C1. The Morgan fingerprint density at radius 1 is 1.47 bits per heavy atom. The number of thiophene rings is 1. The molecule has 0 spiro atoms. The zero-order valence-electron chi connectivity index (χ0n) is 10.5. The summed E-state index contributed by atoms with van der Waals surface area (Å²) in [6.45, 7) is 5.86. The third kappa shape index (κ3) is 4.58. The minimum Gasteiger partial charge on any atom is -0.313 e. The molecular weight excluding hydrogens is 314 g/mol. The highest BCUT2D eigenvalue weighted by Gasteiger charge is 2.27. The molecule has 1 saturated heterocycles. The van der Waals surface area contributed by atoms with Gasteiger partial charge in [0.15, 0.2) is 0 Å². The van der Waals surface area contributed by atoms with E-state index in [1.807, 2.05) is 11.3 Å². The summed E-state index contributed by atoms with van der Waals surface area (Å²) in [5.41, 5.74) is 0.506. The molecule has 1 aromatic rings. The summed E-state index contributed by atoms with van der Waals surface area (Å²) in [6.07, 6.45) is 2.46. The molecule has 1 atom stereocenters. The molecule has 1 aromatic heterocycles. The molecule has 1 nitrogen and oxygen atoms in total. The maximum Gasteiger partial charge on any atom is 0.0701 e. The van der Waals surface area contributed by atoms with Gasteiger partial charge in [0.2, 0.25) is 0 Å². The second-order valence-corrected chi connectivity index (χ2v) is 9.07. The topological polar surface area (TPSA) is 12.0 Å². The summed E-state index contributed by atoms with van der Waals surface area (Å²) < 4.78 is 1.24. The largest absolute Gasteiger partial charge is 0.313 e. The Bertz CT molecular complexity index is 362. The van der Waals surface area contributed by atoms with Crippen LogP contribution in [-0.4, -0.2) is 24.1 Å². The van der Waals surface area contributed by atoms with Gasteiger partial charge in [-0.25, -0.2) is 0 Å². The van der Waals surface area contributed by atoms with E-state index < -0.39 is 0 Å². The van der Waals surface area contributed by atoms with Crippen LogP contribution in [0.15, 0.2) is 15.9 Å². The Morgan fingerprint density at radius 2 is 2.29 bits per heavy atom. The number of nitrogens with one attached hydrogen (secondary N) is 1. The van der Waals surface area contributed by atoms with E-state index in [9.17, 15) is 0 Å². The van der Waals surface area contributed by atoms with E-state index in [0.717, 1.165) is 13.0 Å². The summed E-state index contributed by atoms with van der Waals surface area (Å²) in [7, 11) is 0. The van der Waals surface area contributed by atoms with Gasteiger partial charge in [-0.3, -0.25) is 0 Å². The fourth-order valence-corrected chi connectivity index (χ4v) is 5.07. The molecule has 0 aliphatic carbocycles. The highest BCUT2D eigenvalue weighted by atomic mass is 79.9. The number of hydrogen-bond acceptors (Lipinski definition) is 3. The Labute approximate surface area is 121 Å². The minimum absolute atomic E-state index is 0.506. The van der Waals surface area contributed by atoms with E-state index in [1.54, 1.807) is 0 Å². The summed E-state index contributed by atoms with van der Waals surface area (Å²) in [4.78, 5) is 1.46. The fraction of sp³-hybridized carbons (Fsp3) is 0.692. The van der Waals surface area contributed by atoms with Crippen molar-refractivity contribution in [2.45, 2.75) is 32.7 Å². The maximum absolute atomic E-state index is 3.71.